The maximum atomic E-state index is 12.3. The van der Waals surface area contributed by atoms with Gasteiger partial charge in [0.2, 0.25) is 5.91 Å². The Labute approximate surface area is 171 Å². The maximum Gasteiger partial charge on any atom is 0.289 e. The van der Waals surface area contributed by atoms with Crippen LogP contribution in [0.1, 0.15) is 42.3 Å². The summed E-state index contributed by atoms with van der Waals surface area (Å²) in [5.41, 5.74) is 1.03. The van der Waals surface area contributed by atoms with Crippen LogP contribution >= 0.6 is 0 Å². The third-order valence-corrected chi connectivity index (χ3v) is 5.05. The van der Waals surface area contributed by atoms with Gasteiger partial charge in [-0.2, -0.15) is 0 Å². The van der Waals surface area contributed by atoms with Gasteiger partial charge in [0.05, 0.1) is 20.0 Å². The molecule has 3 rings (SSSR count). The SMILES string of the molecule is CCOc1ccc(CCC(=O)NC2CCN(C(=O)c3ccco3)CC2)cc1OC. The van der Waals surface area contributed by atoms with Crippen LogP contribution in [0, 0.1) is 0 Å². The Hall–Kier alpha value is -2.96. The highest BCUT2D eigenvalue weighted by atomic mass is 16.5. The van der Waals surface area contributed by atoms with Crippen molar-refractivity contribution in [1.82, 2.24) is 10.2 Å². The van der Waals surface area contributed by atoms with E-state index in [-0.39, 0.29) is 17.9 Å². The number of ether oxygens (including phenoxy) is 2. The molecule has 7 heteroatoms. The van der Waals surface area contributed by atoms with E-state index in [9.17, 15) is 9.59 Å². The van der Waals surface area contributed by atoms with Crippen molar-refractivity contribution >= 4 is 11.8 Å². The Morgan fingerprint density at radius 1 is 1.21 bits per heavy atom. The molecule has 7 nitrogen and oxygen atoms in total. The van der Waals surface area contributed by atoms with Gasteiger partial charge in [0.1, 0.15) is 0 Å². The van der Waals surface area contributed by atoms with Crippen molar-refractivity contribution in [3.8, 4) is 11.5 Å². The first kappa shape index (κ1) is 20.8. The van der Waals surface area contributed by atoms with Crippen LogP contribution in [0.2, 0.25) is 0 Å². The Kier molecular flexibility index (Phi) is 7.16. The standard InChI is InChI=1S/C22H28N2O5/c1-3-28-18-8-6-16(15-20(18)27-2)7-9-21(25)23-17-10-12-24(13-11-17)22(26)19-5-4-14-29-19/h4-6,8,14-15,17H,3,7,9-13H2,1-2H3,(H,23,25). The van der Waals surface area contributed by atoms with Gasteiger partial charge in [-0.05, 0) is 56.0 Å². The lowest BCUT2D eigenvalue weighted by molar-refractivity contribution is -0.122. The van der Waals surface area contributed by atoms with E-state index in [1.807, 2.05) is 25.1 Å². The molecule has 1 aliphatic rings. The van der Waals surface area contributed by atoms with E-state index in [1.165, 1.54) is 6.26 Å². The smallest absolute Gasteiger partial charge is 0.289 e. The molecule has 1 aromatic heterocycles. The summed E-state index contributed by atoms with van der Waals surface area (Å²) in [5.74, 6) is 1.67. The van der Waals surface area contributed by atoms with Crippen molar-refractivity contribution in [1.29, 1.82) is 0 Å². The molecule has 0 bridgehead atoms. The van der Waals surface area contributed by atoms with E-state index >= 15 is 0 Å². The summed E-state index contributed by atoms with van der Waals surface area (Å²) >= 11 is 0. The number of aryl methyl sites for hydroxylation is 1. The number of hydrogen-bond acceptors (Lipinski definition) is 5. The van der Waals surface area contributed by atoms with Crippen molar-refractivity contribution in [3.63, 3.8) is 0 Å². The highest BCUT2D eigenvalue weighted by molar-refractivity contribution is 5.91. The Bertz CT molecular complexity index is 811. The fourth-order valence-electron chi connectivity index (χ4n) is 3.48. The van der Waals surface area contributed by atoms with Crippen molar-refractivity contribution in [2.75, 3.05) is 26.8 Å². The van der Waals surface area contributed by atoms with Gasteiger partial charge >= 0.3 is 0 Å². The fourth-order valence-corrected chi connectivity index (χ4v) is 3.48. The van der Waals surface area contributed by atoms with Gasteiger partial charge in [-0.3, -0.25) is 9.59 Å². The van der Waals surface area contributed by atoms with Crippen LogP contribution in [-0.4, -0.2) is 49.6 Å². The third-order valence-electron chi connectivity index (χ3n) is 5.05. The van der Waals surface area contributed by atoms with Crippen LogP contribution in [0.4, 0.5) is 0 Å². The number of nitrogens with zero attached hydrogens (tertiary/aromatic N) is 1. The van der Waals surface area contributed by atoms with Gasteiger partial charge in [-0.15, -0.1) is 0 Å². The normalized spacial score (nSPS) is 14.5. The molecule has 0 atom stereocenters. The molecule has 0 spiro atoms. The zero-order valence-electron chi connectivity index (χ0n) is 17.0. The minimum Gasteiger partial charge on any atom is -0.493 e. The number of rotatable bonds is 8. The van der Waals surface area contributed by atoms with Crippen molar-refractivity contribution in [2.45, 2.75) is 38.6 Å². The molecule has 2 heterocycles. The summed E-state index contributed by atoms with van der Waals surface area (Å²) in [7, 11) is 1.61. The minimum atomic E-state index is -0.0933. The molecule has 1 fully saturated rings. The first-order valence-electron chi connectivity index (χ1n) is 10.0. The van der Waals surface area contributed by atoms with Gasteiger partial charge < -0.3 is 24.1 Å². The van der Waals surface area contributed by atoms with Crippen LogP contribution in [0.15, 0.2) is 41.0 Å². The lowest BCUT2D eigenvalue weighted by Gasteiger charge is -2.31. The Morgan fingerprint density at radius 2 is 2.00 bits per heavy atom. The molecule has 29 heavy (non-hydrogen) atoms. The lowest BCUT2D eigenvalue weighted by Crippen LogP contribution is -2.46. The highest BCUT2D eigenvalue weighted by Gasteiger charge is 2.25. The van der Waals surface area contributed by atoms with Crippen LogP contribution in [0.5, 0.6) is 11.5 Å². The number of likely N-dealkylation sites (tertiary alicyclic amines) is 1. The van der Waals surface area contributed by atoms with E-state index in [4.69, 9.17) is 13.9 Å². The summed E-state index contributed by atoms with van der Waals surface area (Å²) in [5, 5.41) is 3.09. The number of carbonyl (C=O) groups excluding carboxylic acids is 2. The molecule has 0 unspecified atom stereocenters. The summed E-state index contributed by atoms with van der Waals surface area (Å²) < 4.78 is 16.1. The minimum absolute atomic E-state index is 0.0219. The van der Waals surface area contributed by atoms with Gasteiger partial charge in [0.15, 0.2) is 17.3 Å². The molecule has 0 saturated carbocycles. The molecule has 1 saturated heterocycles. The lowest BCUT2D eigenvalue weighted by atomic mass is 10.0. The number of furan rings is 1. The van der Waals surface area contributed by atoms with E-state index in [0.29, 0.717) is 49.8 Å². The van der Waals surface area contributed by atoms with Crippen LogP contribution in [0.3, 0.4) is 0 Å². The van der Waals surface area contributed by atoms with Gasteiger partial charge in [-0.25, -0.2) is 0 Å². The number of methoxy groups -OCH3 is 1. The topological polar surface area (TPSA) is 81.0 Å². The maximum absolute atomic E-state index is 12.3. The average Bonchev–Trinajstić information content (AvgIpc) is 3.28. The van der Waals surface area contributed by atoms with Crippen molar-refractivity contribution in [3.05, 3.63) is 47.9 Å². The van der Waals surface area contributed by atoms with E-state index < -0.39 is 0 Å². The second-order valence-electron chi connectivity index (χ2n) is 7.03. The monoisotopic (exact) mass is 400 g/mol. The second kappa shape index (κ2) is 10.0. The molecular formula is C22H28N2O5. The zero-order valence-corrected chi connectivity index (χ0v) is 17.0. The number of nitrogens with one attached hydrogen (secondary N) is 1. The second-order valence-corrected chi connectivity index (χ2v) is 7.03. The number of piperidine rings is 1. The van der Waals surface area contributed by atoms with Gasteiger partial charge in [0.25, 0.3) is 5.91 Å². The van der Waals surface area contributed by atoms with Crippen LogP contribution in [-0.2, 0) is 11.2 Å². The first-order chi connectivity index (χ1) is 14.1. The number of hydrogen-bond donors (Lipinski definition) is 1. The fraction of sp³-hybridized carbons (Fsp3) is 0.455. The van der Waals surface area contributed by atoms with Crippen molar-refractivity contribution < 1.29 is 23.5 Å². The van der Waals surface area contributed by atoms with Crippen LogP contribution in [0.25, 0.3) is 0 Å². The number of amides is 2. The molecular weight excluding hydrogens is 372 g/mol. The zero-order chi connectivity index (χ0) is 20.6. The molecule has 156 valence electrons. The first-order valence-corrected chi connectivity index (χ1v) is 10.0. The number of benzene rings is 1. The summed E-state index contributed by atoms with van der Waals surface area (Å²) in [6.07, 6.45) is 4.03. The van der Waals surface area contributed by atoms with Gasteiger partial charge in [0, 0.05) is 25.6 Å². The van der Waals surface area contributed by atoms with Gasteiger partial charge in [-0.1, -0.05) is 6.07 Å². The molecule has 0 radical (unpaired) electrons. The highest BCUT2D eigenvalue weighted by Crippen LogP contribution is 2.28. The predicted octanol–water partition coefficient (Wildman–Crippen LogP) is 3.04. The van der Waals surface area contributed by atoms with Crippen molar-refractivity contribution in [2.24, 2.45) is 0 Å². The Balaban J connectivity index is 1.43. The number of carbonyl (C=O) groups is 2. The Morgan fingerprint density at radius 3 is 2.66 bits per heavy atom. The largest absolute Gasteiger partial charge is 0.493 e. The quantitative estimate of drug-likeness (QED) is 0.737. The van der Waals surface area contributed by atoms with E-state index in [2.05, 4.69) is 5.32 Å². The predicted molar refractivity (Wildman–Crippen MR) is 108 cm³/mol. The van der Waals surface area contributed by atoms with Crippen LogP contribution < -0.4 is 14.8 Å². The molecule has 2 aromatic rings. The molecule has 1 aromatic carbocycles. The molecule has 2 amide bonds. The summed E-state index contributed by atoms with van der Waals surface area (Å²) in [4.78, 5) is 26.4. The molecule has 1 N–H and O–H groups in total. The summed E-state index contributed by atoms with van der Waals surface area (Å²) in [6.45, 7) is 3.72. The van der Waals surface area contributed by atoms with E-state index in [1.54, 1.807) is 24.1 Å². The third kappa shape index (κ3) is 5.53. The average molecular weight is 400 g/mol. The van der Waals surface area contributed by atoms with E-state index in [0.717, 1.165) is 18.4 Å². The summed E-state index contributed by atoms with van der Waals surface area (Å²) in [6, 6.07) is 9.22. The molecule has 1 aliphatic heterocycles. The molecule has 0 aliphatic carbocycles.